The Labute approximate surface area is 187 Å². The highest BCUT2D eigenvalue weighted by atomic mass is 35.5. The van der Waals surface area contributed by atoms with Crippen molar-refractivity contribution in [3.05, 3.63) is 69.7 Å². The maximum atomic E-state index is 13.2. The van der Waals surface area contributed by atoms with E-state index in [1.807, 2.05) is 23.1 Å². The van der Waals surface area contributed by atoms with Crippen LogP contribution in [0.15, 0.2) is 48.5 Å². The standard InChI is InChI=1S/C23H25Cl2N3O2/c24-19-9-4-8-18(21(19)25)22(29)26-12-14-27(15-13-26)23(30)20-10-5-11-28(20)16-17-6-2-1-3-7-17/h1-4,6-9,20H,5,10-16H2. The van der Waals surface area contributed by atoms with E-state index < -0.39 is 0 Å². The molecule has 0 radical (unpaired) electrons. The second-order valence-corrected chi connectivity index (χ2v) is 8.62. The number of hydrogen-bond acceptors (Lipinski definition) is 3. The summed E-state index contributed by atoms with van der Waals surface area (Å²) in [6.07, 6.45) is 1.93. The summed E-state index contributed by atoms with van der Waals surface area (Å²) >= 11 is 12.3. The predicted molar refractivity (Wildman–Crippen MR) is 119 cm³/mol. The molecule has 0 aliphatic carbocycles. The number of piperazine rings is 1. The first kappa shape index (κ1) is 21.2. The molecule has 2 aromatic carbocycles. The van der Waals surface area contributed by atoms with Gasteiger partial charge in [0.15, 0.2) is 0 Å². The van der Waals surface area contributed by atoms with Crippen molar-refractivity contribution in [2.24, 2.45) is 0 Å². The van der Waals surface area contributed by atoms with E-state index in [2.05, 4.69) is 17.0 Å². The number of halogens is 2. The Hall–Kier alpha value is -2.08. The van der Waals surface area contributed by atoms with Gasteiger partial charge in [0.2, 0.25) is 5.91 Å². The zero-order valence-electron chi connectivity index (χ0n) is 16.8. The maximum absolute atomic E-state index is 13.2. The van der Waals surface area contributed by atoms with Gasteiger partial charge in [0, 0.05) is 32.7 Å². The van der Waals surface area contributed by atoms with Crippen LogP contribution in [0.1, 0.15) is 28.8 Å². The highest BCUT2D eigenvalue weighted by molar-refractivity contribution is 6.43. The monoisotopic (exact) mass is 445 g/mol. The molecule has 7 heteroatoms. The normalized spacial score (nSPS) is 19.9. The van der Waals surface area contributed by atoms with Gasteiger partial charge >= 0.3 is 0 Å². The second-order valence-electron chi connectivity index (χ2n) is 7.83. The summed E-state index contributed by atoms with van der Waals surface area (Å²) in [6.45, 7) is 3.81. The smallest absolute Gasteiger partial charge is 0.255 e. The number of rotatable bonds is 4. The SMILES string of the molecule is O=C(c1cccc(Cl)c1Cl)N1CCN(C(=O)C2CCCN2Cc2ccccc2)CC1. The second kappa shape index (κ2) is 9.38. The maximum Gasteiger partial charge on any atom is 0.255 e. The number of carbonyl (C=O) groups is 2. The van der Waals surface area contributed by atoms with Crippen molar-refractivity contribution >= 4 is 35.0 Å². The molecule has 0 bridgehead atoms. The lowest BCUT2D eigenvalue weighted by Crippen LogP contribution is -2.54. The van der Waals surface area contributed by atoms with E-state index in [1.165, 1.54) is 5.56 Å². The molecule has 5 nitrogen and oxygen atoms in total. The summed E-state index contributed by atoms with van der Waals surface area (Å²) in [7, 11) is 0. The predicted octanol–water partition coefficient (Wildman–Crippen LogP) is 3.94. The molecular formula is C23H25Cl2N3O2. The van der Waals surface area contributed by atoms with Crippen molar-refractivity contribution in [2.45, 2.75) is 25.4 Å². The molecule has 2 aliphatic rings. The first-order valence-electron chi connectivity index (χ1n) is 10.3. The summed E-state index contributed by atoms with van der Waals surface area (Å²) in [5.41, 5.74) is 1.64. The summed E-state index contributed by atoms with van der Waals surface area (Å²) in [4.78, 5) is 31.9. The molecule has 30 heavy (non-hydrogen) atoms. The summed E-state index contributed by atoms with van der Waals surface area (Å²) in [6, 6.07) is 15.3. The van der Waals surface area contributed by atoms with Crippen molar-refractivity contribution in [3.63, 3.8) is 0 Å². The fourth-order valence-electron chi connectivity index (χ4n) is 4.29. The zero-order valence-corrected chi connectivity index (χ0v) is 18.3. The lowest BCUT2D eigenvalue weighted by Gasteiger charge is -2.37. The van der Waals surface area contributed by atoms with Crippen molar-refractivity contribution in [3.8, 4) is 0 Å². The average molecular weight is 446 g/mol. The zero-order chi connectivity index (χ0) is 21.1. The lowest BCUT2D eigenvalue weighted by molar-refractivity contribution is -0.137. The summed E-state index contributed by atoms with van der Waals surface area (Å²) < 4.78 is 0. The van der Waals surface area contributed by atoms with Gasteiger partial charge in [-0.3, -0.25) is 14.5 Å². The summed E-state index contributed by atoms with van der Waals surface area (Å²) in [5.74, 6) is 0.0393. The minimum absolute atomic E-state index is 0.0742. The Morgan fingerprint density at radius 2 is 1.57 bits per heavy atom. The number of carbonyl (C=O) groups excluding carboxylic acids is 2. The fourth-order valence-corrected chi connectivity index (χ4v) is 4.67. The Morgan fingerprint density at radius 1 is 0.867 bits per heavy atom. The van der Waals surface area contributed by atoms with E-state index in [9.17, 15) is 9.59 Å². The quantitative estimate of drug-likeness (QED) is 0.715. The van der Waals surface area contributed by atoms with Gasteiger partial charge in [-0.25, -0.2) is 0 Å². The van der Waals surface area contributed by atoms with Crippen LogP contribution in [0.2, 0.25) is 10.0 Å². The van der Waals surface area contributed by atoms with Crippen LogP contribution in [-0.2, 0) is 11.3 Å². The molecule has 4 rings (SSSR count). The lowest BCUT2D eigenvalue weighted by atomic mass is 10.1. The number of hydrogen-bond donors (Lipinski definition) is 0. The van der Waals surface area contributed by atoms with E-state index in [0.29, 0.717) is 36.8 Å². The van der Waals surface area contributed by atoms with E-state index in [4.69, 9.17) is 23.2 Å². The van der Waals surface area contributed by atoms with Crippen molar-refractivity contribution in [2.75, 3.05) is 32.7 Å². The number of nitrogens with zero attached hydrogens (tertiary/aromatic N) is 3. The van der Waals surface area contributed by atoms with E-state index in [0.717, 1.165) is 25.9 Å². The topological polar surface area (TPSA) is 43.9 Å². The molecule has 2 fully saturated rings. The van der Waals surface area contributed by atoms with E-state index in [1.54, 1.807) is 23.1 Å². The number of benzene rings is 2. The Bertz CT molecular complexity index is 914. The van der Waals surface area contributed by atoms with Gasteiger partial charge in [0.1, 0.15) is 0 Å². The molecule has 2 saturated heterocycles. The van der Waals surface area contributed by atoms with Gasteiger partial charge in [0.05, 0.1) is 21.7 Å². The number of amides is 2. The van der Waals surface area contributed by atoms with Crippen LogP contribution >= 0.6 is 23.2 Å². The third-order valence-corrected chi connectivity index (χ3v) is 6.76. The van der Waals surface area contributed by atoms with Gasteiger partial charge in [-0.15, -0.1) is 0 Å². The van der Waals surface area contributed by atoms with Crippen LogP contribution in [0, 0.1) is 0 Å². The first-order valence-corrected chi connectivity index (χ1v) is 11.1. The Kier molecular flexibility index (Phi) is 6.61. The largest absolute Gasteiger partial charge is 0.338 e. The van der Waals surface area contributed by atoms with Crippen LogP contribution in [0.3, 0.4) is 0 Å². The van der Waals surface area contributed by atoms with Gasteiger partial charge in [0.25, 0.3) is 5.91 Å². The fraction of sp³-hybridized carbons (Fsp3) is 0.391. The van der Waals surface area contributed by atoms with Crippen molar-refractivity contribution < 1.29 is 9.59 Å². The molecule has 2 amide bonds. The van der Waals surface area contributed by atoms with Crippen LogP contribution < -0.4 is 0 Å². The Balaban J connectivity index is 1.36. The number of likely N-dealkylation sites (tertiary alicyclic amines) is 1. The van der Waals surface area contributed by atoms with Crippen LogP contribution in [0.4, 0.5) is 0 Å². The molecule has 0 aromatic heterocycles. The van der Waals surface area contributed by atoms with E-state index in [-0.39, 0.29) is 22.9 Å². The summed E-state index contributed by atoms with van der Waals surface area (Å²) in [5, 5.41) is 0.654. The highest BCUT2D eigenvalue weighted by Crippen LogP contribution is 2.27. The molecule has 0 N–H and O–H groups in total. The van der Waals surface area contributed by atoms with Crippen LogP contribution in [0.25, 0.3) is 0 Å². The van der Waals surface area contributed by atoms with Crippen LogP contribution in [0.5, 0.6) is 0 Å². The molecule has 1 atom stereocenters. The molecule has 2 aromatic rings. The van der Waals surface area contributed by atoms with Crippen molar-refractivity contribution in [1.29, 1.82) is 0 Å². The van der Waals surface area contributed by atoms with Crippen molar-refractivity contribution in [1.82, 2.24) is 14.7 Å². The molecule has 0 saturated carbocycles. The molecule has 1 unspecified atom stereocenters. The molecule has 0 spiro atoms. The molecule has 2 heterocycles. The molecule has 158 valence electrons. The molecule has 2 aliphatic heterocycles. The van der Waals surface area contributed by atoms with Gasteiger partial charge in [-0.05, 0) is 37.1 Å². The van der Waals surface area contributed by atoms with Gasteiger partial charge in [-0.2, -0.15) is 0 Å². The first-order chi connectivity index (χ1) is 14.5. The minimum atomic E-state index is -0.138. The third-order valence-electron chi connectivity index (χ3n) is 5.94. The van der Waals surface area contributed by atoms with Crippen LogP contribution in [-0.4, -0.2) is 65.3 Å². The highest BCUT2D eigenvalue weighted by Gasteiger charge is 2.35. The minimum Gasteiger partial charge on any atom is -0.338 e. The van der Waals surface area contributed by atoms with Gasteiger partial charge < -0.3 is 9.80 Å². The van der Waals surface area contributed by atoms with Gasteiger partial charge in [-0.1, -0.05) is 59.6 Å². The van der Waals surface area contributed by atoms with E-state index >= 15 is 0 Å². The molecular weight excluding hydrogens is 421 g/mol. The average Bonchev–Trinajstić information content (AvgIpc) is 3.23. The third kappa shape index (κ3) is 4.48. The Morgan fingerprint density at radius 3 is 2.30 bits per heavy atom.